The van der Waals surface area contributed by atoms with Crippen LogP contribution in [0.2, 0.25) is 5.02 Å². The molecule has 0 aliphatic heterocycles. The standard InChI is InChI=1S/C17H19ClN2O4/c1-10(2)14-15(24-17(21)23-4)13(9-22-3)19-16(20-14)11-5-7-12(18)8-6-11/h5-8,10H,9H2,1-4H3. The summed E-state index contributed by atoms with van der Waals surface area (Å²) >= 11 is 5.93. The van der Waals surface area contributed by atoms with Gasteiger partial charge in [-0.3, -0.25) is 0 Å². The molecule has 2 aromatic rings. The topological polar surface area (TPSA) is 70.5 Å². The Balaban J connectivity index is 2.58. The maximum atomic E-state index is 11.5. The zero-order valence-electron chi connectivity index (χ0n) is 14.0. The lowest BCUT2D eigenvalue weighted by molar-refractivity contribution is 0.117. The van der Waals surface area contributed by atoms with E-state index >= 15 is 0 Å². The molecule has 24 heavy (non-hydrogen) atoms. The predicted octanol–water partition coefficient (Wildman–Crippen LogP) is 4.21. The highest BCUT2D eigenvalue weighted by Gasteiger charge is 2.22. The van der Waals surface area contributed by atoms with E-state index in [4.69, 9.17) is 21.1 Å². The second-order valence-electron chi connectivity index (χ2n) is 5.36. The number of ether oxygens (including phenoxy) is 3. The molecule has 0 spiro atoms. The molecule has 7 heteroatoms. The van der Waals surface area contributed by atoms with E-state index in [1.54, 1.807) is 19.2 Å². The summed E-state index contributed by atoms with van der Waals surface area (Å²) in [7, 11) is 2.79. The number of nitrogens with zero attached hydrogens (tertiary/aromatic N) is 2. The van der Waals surface area contributed by atoms with Crippen LogP contribution in [-0.2, 0) is 16.1 Å². The van der Waals surface area contributed by atoms with Crippen molar-refractivity contribution in [2.75, 3.05) is 14.2 Å². The molecule has 0 atom stereocenters. The van der Waals surface area contributed by atoms with E-state index in [0.29, 0.717) is 22.2 Å². The van der Waals surface area contributed by atoms with Crippen molar-refractivity contribution in [3.63, 3.8) is 0 Å². The van der Waals surface area contributed by atoms with Gasteiger partial charge in [0.15, 0.2) is 11.6 Å². The third-order valence-electron chi connectivity index (χ3n) is 3.24. The molecular formula is C17H19ClN2O4. The second-order valence-corrected chi connectivity index (χ2v) is 5.80. The first-order chi connectivity index (χ1) is 11.5. The predicted molar refractivity (Wildman–Crippen MR) is 90.3 cm³/mol. The molecule has 6 nitrogen and oxygen atoms in total. The molecule has 2 rings (SSSR count). The van der Waals surface area contributed by atoms with Crippen molar-refractivity contribution in [3.05, 3.63) is 40.7 Å². The molecule has 1 aromatic carbocycles. The van der Waals surface area contributed by atoms with Crippen LogP contribution in [0.3, 0.4) is 0 Å². The average molecular weight is 351 g/mol. The quantitative estimate of drug-likeness (QED) is 0.752. The van der Waals surface area contributed by atoms with Crippen molar-refractivity contribution in [2.24, 2.45) is 0 Å². The van der Waals surface area contributed by atoms with Gasteiger partial charge in [0.25, 0.3) is 0 Å². The number of carbonyl (C=O) groups excluding carboxylic acids is 1. The summed E-state index contributed by atoms with van der Waals surface area (Å²) in [6.45, 7) is 4.08. The van der Waals surface area contributed by atoms with E-state index in [-0.39, 0.29) is 18.3 Å². The van der Waals surface area contributed by atoms with Crippen LogP contribution in [0, 0.1) is 0 Å². The molecule has 0 aliphatic rings. The minimum absolute atomic E-state index is 0.00862. The van der Waals surface area contributed by atoms with Crippen LogP contribution in [-0.4, -0.2) is 30.3 Å². The molecular weight excluding hydrogens is 332 g/mol. The molecule has 0 fully saturated rings. The second kappa shape index (κ2) is 8.08. The molecule has 0 aliphatic carbocycles. The van der Waals surface area contributed by atoms with Gasteiger partial charge in [-0.15, -0.1) is 0 Å². The first-order valence-corrected chi connectivity index (χ1v) is 7.75. The van der Waals surface area contributed by atoms with Crippen LogP contribution in [0.25, 0.3) is 11.4 Å². The van der Waals surface area contributed by atoms with Crippen LogP contribution in [0.5, 0.6) is 5.75 Å². The van der Waals surface area contributed by atoms with Gasteiger partial charge < -0.3 is 14.2 Å². The molecule has 0 N–H and O–H groups in total. The van der Waals surface area contributed by atoms with Gasteiger partial charge in [-0.2, -0.15) is 0 Å². The highest BCUT2D eigenvalue weighted by atomic mass is 35.5. The summed E-state index contributed by atoms with van der Waals surface area (Å²) in [5.74, 6) is 0.797. The zero-order valence-corrected chi connectivity index (χ0v) is 14.8. The Labute approximate surface area is 145 Å². The highest BCUT2D eigenvalue weighted by molar-refractivity contribution is 6.30. The number of benzene rings is 1. The van der Waals surface area contributed by atoms with E-state index in [9.17, 15) is 4.79 Å². The van der Waals surface area contributed by atoms with Crippen molar-refractivity contribution >= 4 is 17.8 Å². The van der Waals surface area contributed by atoms with Crippen molar-refractivity contribution < 1.29 is 19.0 Å². The average Bonchev–Trinajstić information content (AvgIpc) is 2.56. The number of hydrogen-bond acceptors (Lipinski definition) is 6. The number of rotatable bonds is 5. The zero-order chi connectivity index (χ0) is 17.7. The third-order valence-corrected chi connectivity index (χ3v) is 3.50. The Hall–Kier alpha value is -2.18. The maximum Gasteiger partial charge on any atom is 0.513 e. The fourth-order valence-electron chi connectivity index (χ4n) is 2.11. The Morgan fingerprint density at radius 2 is 1.83 bits per heavy atom. The highest BCUT2D eigenvalue weighted by Crippen LogP contribution is 2.31. The summed E-state index contributed by atoms with van der Waals surface area (Å²) in [4.78, 5) is 20.6. The number of halogens is 1. The summed E-state index contributed by atoms with van der Waals surface area (Å²) in [5, 5.41) is 0.630. The third kappa shape index (κ3) is 4.21. The number of methoxy groups -OCH3 is 2. The Kier molecular flexibility index (Phi) is 6.11. The van der Waals surface area contributed by atoms with Crippen LogP contribution in [0.4, 0.5) is 4.79 Å². The molecule has 0 unspecified atom stereocenters. The van der Waals surface area contributed by atoms with Crippen molar-refractivity contribution in [2.45, 2.75) is 26.4 Å². The Morgan fingerprint density at radius 3 is 2.38 bits per heavy atom. The lowest BCUT2D eigenvalue weighted by Gasteiger charge is -2.16. The molecule has 0 saturated carbocycles. The first kappa shape index (κ1) is 18.2. The van der Waals surface area contributed by atoms with Crippen molar-refractivity contribution in [3.8, 4) is 17.1 Å². The molecule has 1 aromatic heterocycles. The van der Waals surface area contributed by atoms with Gasteiger partial charge in [0.2, 0.25) is 0 Å². The maximum absolute atomic E-state index is 11.5. The van der Waals surface area contributed by atoms with Gasteiger partial charge in [0, 0.05) is 17.7 Å². The van der Waals surface area contributed by atoms with Crippen molar-refractivity contribution in [1.29, 1.82) is 0 Å². The molecule has 0 saturated heterocycles. The van der Waals surface area contributed by atoms with Crippen LogP contribution < -0.4 is 4.74 Å². The SMILES string of the molecule is COCc1nc(-c2ccc(Cl)cc2)nc(C(C)C)c1OC(=O)OC. The van der Waals surface area contributed by atoms with Crippen LogP contribution >= 0.6 is 11.6 Å². The summed E-state index contributed by atoms with van der Waals surface area (Å²) in [6, 6.07) is 7.20. The van der Waals surface area contributed by atoms with Gasteiger partial charge in [-0.25, -0.2) is 14.8 Å². The number of aromatic nitrogens is 2. The normalized spacial score (nSPS) is 10.8. The summed E-state index contributed by atoms with van der Waals surface area (Å²) in [6.07, 6.45) is -0.822. The molecule has 0 amide bonds. The van der Waals surface area contributed by atoms with Crippen LogP contribution in [0.15, 0.2) is 24.3 Å². The fourth-order valence-corrected chi connectivity index (χ4v) is 2.23. The van der Waals surface area contributed by atoms with Gasteiger partial charge in [-0.1, -0.05) is 25.4 Å². The largest absolute Gasteiger partial charge is 0.513 e. The van der Waals surface area contributed by atoms with Gasteiger partial charge in [0.05, 0.1) is 19.4 Å². The van der Waals surface area contributed by atoms with Crippen molar-refractivity contribution in [1.82, 2.24) is 9.97 Å². The van der Waals surface area contributed by atoms with Crippen LogP contribution in [0.1, 0.15) is 31.2 Å². The smallest absolute Gasteiger partial charge is 0.437 e. The van der Waals surface area contributed by atoms with E-state index in [0.717, 1.165) is 5.56 Å². The lowest BCUT2D eigenvalue weighted by Crippen LogP contribution is -2.14. The molecule has 128 valence electrons. The van der Waals surface area contributed by atoms with E-state index in [1.165, 1.54) is 7.11 Å². The Morgan fingerprint density at radius 1 is 1.17 bits per heavy atom. The summed E-state index contributed by atoms with van der Waals surface area (Å²) < 4.78 is 15.0. The number of hydrogen-bond donors (Lipinski definition) is 0. The molecule has 1 heterocycles. The van der Waals surface area contributed by atoms with E-state index in [1.807, 2.05) is 26.0 Å². The number of carbonyl (C=O) groups is 1. The minimum Gasteiger partial charge on any atom is -0.437 e. The van der Waals surface area contributed by atoms with Gasteiger partial charge >= 0.3 is 6.16 Å². The minimum atomic E-state index is -0.822. The summed E-state index contributed by atoms with van der Waals surface area (Å²) in [5.41, 5.74) is 1.89. The first-order valence-electron chi connectivity index (χ1n) is 7.37. The lowest BCUT2D eigenvalue weighted by atomic mass is 10.1. The van der Waals surface area contributed by atoms with E-state index in [2.05, 4.69) is 14.7 Å². The Bertz CT molecular complexity index is 717. The molecule has 0 bridgehead atoms. The van der Waals surface area contributed by atoms with Gasteiger partial charge in [0.1, 0.15) is 5.69 Å². The van der Waals surface area contributed by atoms with E-state index < -0.39 is 6.16 Å². The fraction of sp³-hybridized carbons (Fsp3) is 0.353. The van der Waals surface area contributed by atoms with Gasteiger partial charge in [-0.05, 0) is 30.2 Å². The monoisotopic (exact) mass is 350 g/mol. The molecule has 0 radical (unpaired) electrons.